The van der Waals surface area contributed by atoms with Crippen molar-refractivity contribution < 1.29 is 0 Å². The molecule has 4 aromatic rings. The number of fused-ring (bicyclic) bond motifs is 3. The van der Waals surface area contributed by atoms with E-state index in [9.17, 15) is 0 Å². The van der Waals surface area contributed by atoms with Crippen molar-refractivity contribution in [1.82, 2.24) is 4.98 Å². The minimum atomic E-state index is 1.04. The summed E-state index contributed by atoms with van der Waals surface area (Å²) in [5.41, 5.74) is 6.46. The normalized spacial score (nSPS) is 11.3. The molecule has 0 radical (unpaired) electrons. The van der Waals surface area contributed by atoms with E-state index in [1.165, 1.54) is 38.5 Å². The van der Waals surface area contributed by atoms with Gasteiger partial charge in [0.2, 0.25) is 0 Å². The topological polar surface area (TPSA) is 15.8 Å². The summed E-state index contributed by atoms with van der Waals surface area (Å²) in [4.78, 5) is 3.53. The van der Waals surface area contributed by atoms with E-state index in [-0.39, 0.29) is 0 Å². The van der Waals surface area contributed by atoms with Gasteiger partial charge in [0, 0.05) is 21.8 Å². The molecule has 3 aromatic carbocycles. The summed E-state index contributed by atoms with van der Waals surface area (Å²) < 4.78 is 0. The van der Waals surface area contributed by atoms with E-state index in [0.29, 0.717) is 0 Å². The second kappa shape index (κ2) is 4.78. The molecule has 102 valence electrons. The third-order valence-corrected chi connectivity index (χ3v) is 4.20. The Morgan fingerprint density at radius 3 is 2.33 bits per heavy atom. The molecule has 0 unspecified atom stereocenters. The minimum absolute atomic E-state index is 1.04. The highest BCUT2D eigenvalue weighted by molar-refractivity contribution is 6.08. The van der Waals surface area contributed by atoms with Crippen LogP contribution < -0.4 is 0 Å². The number of hydrogen-bond acceptors (Lipinski definition) is 0. The van der Waals surface area contributed by atoms with Crippen LogP contribution in [-0.2, 0) is 6.42 Å². The SMILES string of the molecule is CCc1cc2[nH]c3ccccc3c2cc1-c1ccccc1. The van der Waals surface area contributed by atoms with Crippen molar-refractivity contribution >= 4 is 21.8 Å². The number of aromatic nitrogens is 1. The number of H-pyrrole nitrogens is 1. The summed E-state index contributed by atoms with van der Waals surface area (Å²) >= 11 is 0. The molecule has 0 bridgehead atoms. The Morgan fingerprint density at radius 1 is 0.762 bits per heavy atom. The lowest BCUT2D eigenvalue weighted by Gasteiger charge is -2.09. The molecule has 0 spiro atoms. The molecule has 0 atom stereocenters. The van der Waals surface area contributed by atoms with Crippen LogP contribution in [0.25, 0.3) is 32.9 Å². The molecule has 1 N–H and O–H groups in total. The predicted molar refractivity (Wildman–Crippen MR) is 90.6 cm³/mol. The van der Waals surface area contributed by atoms with Crippen molar-refractivity contribution in [3.63, 3.8) is 0 Å². The number of rotatable bonds is 2. The zero-order chi connectivity index (χ0) is 14.2. The Hall–Kier alpha value is -2.54. The molecule has 0 aliphatic heterocycles. The number of aryl methyl sites for hydroxylation is 1. The van der Waals surface area contributed by atoms with Crippen molar-refractivity contribution in [3.05, 3.63) is 72.3 Å². The van der Waals surface area contributed by atoms with Crippen molar-refractivity contribution in [2.75, 3.05) is 0 Å². The van der Waals surface area contributed by atoms with Crippen LogP contribution in [-0.4, -0.2) is 4.98 Å². The van der Waals surface area contributed by atoms with Gasteiger partial charge in [-0.3, -0.25) is 0 Å². The number of benzene rings is 3. The third-order valence-electron chi connectivity index (χ3n) is 4.20. The molecule has 1 heterocycles. The molecular weight excluding hydrogens is 254 g/mol. The van der Waals surface area contributed by atoms with Gasteiger partial charge >= 0.3 is 0 Å². The molecule has 1 heteroatoms. The molecule has 1 aromatic heterocycles. The summed E-state index contributed by atoms with van der Waals surface area (Å²) in [5, 5.41) is 2.61. The fourth-order valence-electron chi connectivity index (χ4n) is 3.12. The Labute approximate surface area is 124 Å². The monoisotopic (exact) mass is 271 g/mol. The first-order chi connectivity index (χ1) is 10.4. The Morgan fingerprint density at radius 2 is 1.52 bits per heavy atom. The lowest BCUT2D eigenvalue weighted by atomic mass is 9.96. The van der Waals surface area contributed by atoms with Gasteiger partial charge in [0.25, 0.3) is 0 Å². The highest BCUT2D eigenvalue weighted by Gasteiger charge is 2.09. The van der Waals surface area contributed by atoms with Crippen LogP contribution in [0.15, 0.2) is 66.7 Å². The lowest BCUT2D eigenvalue weighted by Crippen LogP contribution is -1.88. The molecule has 0 fully saturated rings. The van der Waals surface area contributed by atoms with Crippen LogP contribution in [0, 0.1) is 0 Å². The highest BCUT2D eigenvalue weighted by Crippen LogP contribution is 2.33. The van der Waals surface area contributed by atoms with Gasteiger partial charge in [-0.1, -0.05) is 55.5 Å². The largest absolute Gasteiger partial charge is 0.355 e. The standard InChI is InChI=1S/C20H17N/c1-2-14-12-20-18(16-10-6-7-11-19(16)21-20)13-17(14)15-8-4-3-5-9-15/h3-13,21H,2H2,1H3. The number of para-hydroxylation sites is 1. The first-order valence-corrected chi connectivity index (χ1v) is 7.45. The summed E-state index contributed by atoms with van der Waals surface area (Å²) in [5.74, 6) is 0. The van der Waals surface area contributed by atoms with Crippen LogP contribution >= 0.6 is 0 Å². The van der Waals surface area contributed by atoms with Gasteiger partial charge in [0.1, 0.15) is 0 Å². The zero-order valence-corrected chi connectivity index (χ0v) is 12.1. The first kappa shape index (κ1) is 12.2. The highest BCUT2D eigenvalue weighted by atomic mass is 14.7. The minimum Gasteiger partial charge on any atom is -0.355 e. The average molecular weight is 271 g/mol. The van der Waals surface area contributed by atoms with Gasteiger partial charge in [-0.25, -0.2) is 0 Å². The predicted octanol–water partition coefficient (Wildman–Crippen LogP) is 5.55. The Balaban J connectivity index is 2.08. The molecule has 0 aliphatic rings. The maximum atomic E-state index is 3.53. The van der Waals surface area contributed by atoms with Crippen molar-refractivity contribution in [2.24, 2.45) is 0 Å². The van der Waals surface area contributed by atoms with Crippen LogP contribution in [0.5, 0.6) is 0 Å². The molecule has 21 heavy (non-hydrogen) atoms. The number of hydrogen-bond donors (Lipinski definition) is 1. The molecule has 0 saturated carbocycles. The summed E-state index contributed by atoms with van der Waals surface area (Å²) in [6.45, 7) is 2.22. The lowest BCUT2D eigenvalue weighted by molar-refractivity contribution is 1.15. The third kappa shape index (κ3) is 1.93. The van der Waals surface area contributed by atoms with Crippen LogP contribution in [0.4, 0.5) is 0 Å². The first-order valence-electron chi connectivity index (χ1n) is 7.45. The number of aromatic amines is 1. The van der Waals surface area contributed by atoms with E-state index in [1.807, 2.05) is 0 Å². The van der Waals surface area contributed by atoms with Crippen molar-refractivity contribution in [2.45, 2.75) is 13.3 Å². The summed E-state index contributed by atoms with van der Waals surface area (Å²) in [6.07, 6.45) is 1.04. The van der Waals surface area contributed by atoms with E-state index in [0.717, 1.165) is 6.42 Å². The fraction of sp³-hybridized carbons (Fsp3) is 0.100. The van der Waals surface area contributed by atoms with E-state index in [1.54, 1.807) is 0 Å². The smallest absolute Gasteiger partial charge is 0.0468 e. The second-order valence-electron chi connectivity index (χ2n) is 5.45. The van der Waals surface area contributed by atoms with Gasteiger partial charge < -0.3 is 4.98 Å². The quantitative estimate of drug-likeness (QED) is 0.492. The van der Waals surface area contributed by atoms with Crippen LogP contribution in [0.2, 0.25) is 0 Å². The molecule has 0 aliphatic carbocycles. The average Bonchev–Trinajstić information content (AvgIpc) is 2.92. The van der Waals surface area contributed by atoms with Gasteiger partial charge in [-0.05, 0) is 41.3 Å². The van der Waals surface area contributed by atoms with Crippen LogP contribution in [0.1, 0.15) is 12.5 Å². The molecule has 0 saturated heterocycles. The van der Waals surface area contributed by atoms with Crippen molar-refractivity contribution in [1.29, 1.82) is 0 Å². The maximum Gasteiger partial charge on any atom is 0.0468 e. The molecule has 1 nitrogen and oxygen atoms in total. The zero-order valence-electron chi connectivity index (χ0n) is 12.1. The van der Waals surface area contributed by atoms with Crippen LogP contribution in [0.3, 0.4) is 0 Å². The maximum absolute atomic E-state index is 3.53. The van der Waals surface area contributed by atoms with Gasteiger partial charge in [0.15, 0.2) is 0 Å². The molecule has 4 rings (SSSR count). The summed E-state index contributed by atoms with van der Waals surface area (Å²) in [7, 11) is 0. The molecule has 0 amide bonds. The van der Waals surface area contributed by atoms with Gasteiger partial charge in [-0.15, -0.1) is 0 Å². The number of nitrogens with one attached hydrogen (secondary N) is 1. The van der Waals surface area contributed by atoms with Crippen molar-refractivity contribution in [3.8, 4) is 11.1 Å². The van der Waals surface area contributed by atoms with E-state index in [2.05, 4.69) is 78.6 Å². The van der Waals surface area contributed by atoms with Gasteiger partial charge in [-0.2, -0.15) is 0 Å². The second-order valence-corrected chi connectivity index (χ2v) is 5.45. The van der Waals surface area contributed by atoms with E-state index >= 15 is 0 Å². The Kier molecular flexibility index (Phi) is 2.78. The van der Waals surface area contributed by atoms with E-state index < -0.39 is 0 Å². The summed E-state index contributed by atoms with van der Waals surface area (Å²) in [6, 6.07) is 23.8. The fourth-order valence-corrected chi connectivity index (χ4v) is 3.12. The van der Waals surface area contributed by atoms with E-state index in [4.69, 9.17) is 0 Å². The van der Waals surface area contributed by atoms with Gasteiger partial charge in [0.05, 0.1) is 0 Å². The Bertz CT molecular complexity index is 917. The molecular formula is C20H17N.